The molecule has 2 aromatic carbocycles. The standard InChI is InChI=1S/C20H21ClN4O/c21-17-8-4-7-16(12-17)18-13-22-9-10-25(18)14-20-23-19(24-26-20)11-15-5-2-1-3-6-15/h1-8,12,18,22H,9-11,13-14H2. The van der Waals surface area contributed by atoms with Crippen LogP contribution in [0.2, 0.25) is 5.02 Å². The third-order valence-electron chi connectivity index (χ3n) is 4.64. The van der Waals surface area contributed by atoms with Crippen LogP contribution in [0.5, 0.6) is 0 Å². The Morgan fingerprint density at radius 3 is 2.88 bits per heavy atom. The van der Waals surface area contributed by atoms with Gasteiger partial charge in [-0.2, -0.15) is 4.98 Å². The second-order valence-electron chi connectivity index (χ2n) is 6.51. The van der Waals surface area contributed by atoms with Crippen LogP contribution in [-0.4, -0.2) is 34.7 Å². The van der Waals surface area contributed by atoms with E-state index in [0.29, 0.717) is 18.9 Å². The predicted molar refractivity (Wildman–Crippen MR) is 101 cm³/mol. The Morgan fingerprint density at radius 1 is 1.15 bits per heavy atom. The molecule has 0 saturated carbocycles. The van der Waals surface area contributed by atoms with Gasteiger partial charge in [0.1, 0.15) is 0 Å². The van der Waals surface area contributed by atoms with Gasteiger partial charge in [0.15, 0.2) is 5.82 Å². The number of rotatable bonds is 5. The van der Waals surface area contributed by atoms with Gasteiger partial charge < -0.3 is 9.84 Å². The molecule has 5 nitrogen and oxygen atoms in total. The minimum Gasteiger partial charge on any atom is -0.338 e. The lowest BCUT2D eigenvalue weighted by Crippen LogP contribution is -2.45. The van der Waals surface area contributed by atoms with Crippen molar-refractivity contribution < 1.29 is 4.52 Å². The van der Waals surface area contributed by atoms with Gasteiger partial charge in [-0.05, 0) is 23.3 Å². The molecule has 1 aliphatic rings. The lowest BCUT2D eigenvalue weighted by Gasteiger charge is -2.35. The molecule has 0 amide bonds. The zero-order valence-electron chi connectivity index (χ0n) is 14.4. The first kappa shape index (κ1) is 17.2. The van der Waals surface area contributed by atoms with Gasteiger partial charge >= 0.3 is 0 Å². The molecule has 0 aliphatic carbocycles. The van der Waals surface area contributed by atoms with E-state index >= 15 is 0 Å². The lowest BCUT2D eigenvalue weighted by molar-refractivity contribution is 0.135. The summed E-state index contributed by atoms with van der Waals surface area (Å²) in [5.41, 5.74) is 2.38. The third kappa shape index (κ3) is 4.12. The minimum absolute atomic E-state index is 0.243. The average Bonchev–Trinajstić information content (AvgIpc) is 3.10. The van der Waals surface area contributed by atoms with Crippen LogP contribution in [0.15, 0.2) is 59.1 Å². The maximum Gasteiger partial charge on any atom is 0.240 e. The molecule has 134 valence electrons. The second kappa shape index (κ2) is 7.99. The van der Waals surface area contributed by atoms with Gasteiger partial charge in [0.05, 0.1) is 6.54 Å². The predicted octanol–water partition coefficient (Wildman–Crippen LogP) is 3.46. The minimum atomic E-state index is 0.243. The molecule has 26 heavy (non-hydrogen) atoms. The molecule has 2 heterocycles. The Hall–Kier alpha value is -2.21. The Kier molecular flexibility index (Phi) is 5.29. The summed E-state index contributed by atoms with van der Waals surface area (Å²) in [4.78, 5) is 6.94. The molecule has 3 aromatic rings. The van der Waals surface area contributed by atoms with Gasteiger partial charge in [0, 0.05) is 37.1 Å². The number of hydrogen-bond acceptors (Lipinski definition) is 5. The van der Waals surface area contributed by atoms with Gasteiger partial charge in [-0.1, -0.05) is 59.2 Å². The molecule has 1 unspecified atom stereocenters. The first-order chi connectivity index (χ1) is 12.8. The van der Waals surface area contributed by atoms with Crippen molar-refractivity contribution in [1.29, 1.82) is 0 Å². The Bertz CT molecular complexity index is 852. The molecule has 6 heteroatoms. The Labute approximate surface area is 158 Å². The summed E-state index contributed by atoms with van der Waals surface area (Å²) in [7, 11) is 0. The highest BCUT2D eigenvalue weighted by Gasteiger charge is 2.25. The van der Waals surface area contributed by atoms with Crippen LogP contribution in [0.3, 0.4) is 0 Å². The van der Waals surface area contributed by atoms with Crippen molar-refractivity contribution in [3.63, 3.8) is 0 Å². The zero-order chi connectivity index (χ0) is 17.8. The number of nitrogens with zero attached hydrogens (tertiary/aromatic N) is 3. The third-order valence-corrected chi connectivity index (χ3v) is 4.88. The van der Waals surface area contributed by atoms with Crippen molar-refractivity contribution >= 4 is 11.6 Å². The van der Waals surface area contributed by atoms with E-state index in [0.717, 1.165) is 30.5 Å². The number of nitrogens with one attached hydrogen (secondary N) is 1. The smallest absolute Gasteiger partial charge is 0.240 e. The van der Waals surface area contributed by atoms with Crippen LogP contribution in [0.4, 0.5) is 0 Å². The number of hydrogen-bond donors (Lipinski definition) is 1. The van der Waals surface area contributed by atoms with Crippen molar-refractivity contribution in [2.75, 3.05) is 19.6 Å². The van der Waals surface area contributed by atoms with E-state index in [9.17, 15) is 0 Å². The van der Waals surface area contributed by atoms with Crippen LogP contribution >= 0.6 is 11.6 Å². The van der Waals surface area contributed by atoms with E-state index in [1.807, 2.05) is 36.4 Å². The summed E-state index contributed by atoms with van der Waals surface area (Å²) in [6.45, 7) is 3.39. The molecule has 1 aliphatic heterocycles. The van der Waals surface area contributed by atoms with Crippen molar-refractivity contribution in [2.45, 2.75) is 19.0 Å². The molecule has 0 spiro atoms. The van der Waals surface area contributed by atoms with E-state index in [4.69, 9.17) is 16.1 Å². The Balaban J connectivity index is 1.47. The molecule has 1 aromatic heterocycles. The number of halogens is 1. The highest BCUT2D eigenvalue weighted by Crippen LogP contribution is 2.26. The lowest BCUT2D eigenvalue weighted by atomic mass is 10.0. The van der Waals surface area contributed by atoms with Crippen molar-refractivity contribution in [3.05, 3.63) is 82.5 Å². The summed E-state index contributed by atoms with van der Waals surface area (Å²) < 4.78 is 5.50. The van der Waals surface area contributed by atoms with Gasteiger partial charge in [-0.15, -0.1) is 0 Å². The quantitative estimate of drug-likeness (QED) is 0.747. The molecular weight excluding hydrogens is 348 g/mol. The Morgan fingerprint density at radius 2 is 2.04 bits per heavy atom. The van der Waals surface area contributed by atoms with Crippen LogP contribution < -0.4 is 5.32 Å². The molecular formula is C20H21ClN4O. The van der Waals surface area contributed by atoms with E-state index < -0.39 is 0 Å². The summed E-state index contributed by atoms with van der Waals surface area (Å²) in [6.07, 6.45) is 0.684. The van der Waals surface area contributed by atoms with Crippen molar-refractivity contribution in [3.8, 4) is 0 Å². The van der Waals surface area contributed by atoms with Gasteiger partial charge in [0.2, 0.25) is 5.89 Å². The molecule has 1 atom stereocenters. The van der Waals surface area contributed by atoms with Gasteiger partial charge in [-0.25, -0.2) is 0 Å². The normalized spacial score (nSPS) is 18.1. The fourth-order valence-electron chi connectivity index (χ4n) is 3.36. The van der Waals surface area contributed by atoms with Gasteiger partial charge in [-0.3, -0.25) is 4.90 Å². The molecule has 4 rings (SSSR count). The first-order valence-corrected chi connectivity index (χ1v) is 9.21. The number of piperazine rings is 1. The van der Waals surface area contributed by atoms with Crippen LogP contribution in [0.25, 0.3) is 0 Å². The topological polar surface area (TPSA) is 54.2 Å². The molecule has 0 radical (unpaired) electrons. The molecule has 1 fully saturated rings. The van der Waals surface area contributed by atoms with Crippen LogP contribution in [0, 0.1) is 0 Å². The summed E-state index contributed by atoms with van der Waals surface area (Å²) in [5.74, 6) is 1.38. The maximum atomic E-state index is 6.17. The summed E-state index contributed by atoms with van der Waals surface area (Å²) in [6, 6.07) is 18.5. The largest absolute Gasteiger partial charge is 0.338 e. The van der Waals surface area contributed by atoms with E-state index in [2.05, 4.69) is 38.6 Å². The van der Waals surface area contributed by atoms with Crippen molar-refractivity contribution in [2.24, 2.45) is 0 Å². The highest BCUT2D eigenvalue weighted by molar-refractivity contribution is 6.30. The van der Waals surface area contributed by atoms with Crippen LogP contribution in [0.1, 0.15) is 28.9 Å². The van der Waals surface area contributed by atoms with E-state index in [-0.39, 0.29) is 6.04 Å². The number of aromatic nitrogens is 2. The fourth-order valence-corrected chi connectivity index (χ4v) is 3.56. The first-order valence-electron chi connectivity index (χ1n) is 8.83. The van der Waals surface area contributed by atoms with E-state index in [1.54, 1.807) is 0 Å². The van der Waals surface area contributed by atoms with Gasteiger partial charge in [0.25, 0.3) is 0 Å². The van der Waals surface area contributed by atoms with E-state index in [1.165, 1.54) is 11.1 Å². The van der Waals surface area contributed by atoms with Crippen molar-refractivity contribution in [1.82, 2.24) is 20.4 Å². The highest BCUT2D eigenvalue weighted by atomic mass is 35.5. The summed E-state index contributed by atoms with van der Waals surface area (Å²) >= 11 is 6.17. The zero-order valence-corrected chi connectivity index (χ0v) is 15.2. The monoisotopic (exact) mass is 368 g/mol. The molecule has 0 bridgehead atoms. The average molecular weight is 369 g/mol. The molecule has 1 N–H and O–H groups in total. The molecule has 1 saturated heterocycles. The SMILES string of the molecule is Clc1cccc(C2CNCCN2Cc2nc(Cc3ccccc3)no2)c1. The van der Waals surface area contributed by atoms with Crippen LogP contribution in [-0.2, 0) is 13.0 Å². The summed E-state index contributed by atoms with van der Waals surface area (Å²) in [5, 5.41) is 8.35. The maximum absolute atomic E-state index is 6.17. The number of benzene rings is 2. The fraction of sp³-hybridized carbons (Fsp3) is 0.300. The second-order valence-corrected chi connectivity index (χ2v) is 6.95.